The first-order valence-electron chi connectivity index (χ1n) is 9.75. The van der Waals surface area contributed by atoms with Gasteiger partial charge in [0.15, 0.2) is 0 Å². The number of hydrogen-bond acceptors (Lipinski definition) is 4. The fraction of sp³-hybridized carbons (Fsp3) is 0.318. The maximum absolute atomic E-state index is 13.0. The Labute approximate surface area is 176 Å². The molecular formula is C22H24ClN3O2S. The second-order valence-electron chi connectivity index (χ2n) is 7.64. The molecule has 0 aliphatic carbocycles. The summed E-state index contributed by atoms with van der Waals surface area (Å²) in [5, 5.41) is 1.57. The van der Waals surface area contributed by atoms with Crippen molar-refractivity contribution in [3.8, 4) is 0 Å². The molecule has 1 aliphatic heterocycles. The van der Waals surface area contributed by atoms with E-state index < -0.39 is 10.0 Å². The first kappa shape index (κ1) is 20.3. The third-order valence-electron chi connectivity index (χ3n) is 5.33. The van der Waals surface area contributed by atoms with Crippen molar-refractivity contribution in [1.29, 1.82) is 0 Å². The molecule has 7 heteroatoms. The van der Waals surface area contributed by atoms with Crippen molar-refractivity contribution < 1.29 is 8.42 Å². The molecule has 1 aliphatic rings. The summed E-state index contributed by atoms with van der Waals surface area (Å²) in [4.78, 5) is 6.96. The van der Waals surface area contributed by atoms with Gasteiger partial charge in [-0.25, -0.2) is 13.1 Å². The molecule has 1 saturated heterocycles. The highest BCUT2D eigenvalue weighted by molar-refractivity contribution is 7.89. The summed E-state index contributed by atoms with van der Waals surface area (Å²) in [5.74, 6) is 0. The van der Waals surface area contributed by atoms with Gasteiger partial charge in [0.25, 0.3) is 0 Å². The zero-order valence-corrected chi connectivity index (χ0v) is 17.9. The lowest BCUT2D eigenvalue weighted by molar-refractivity contribution is 0.200. The Balaban J connectivity index is 1.42. The predicted octanol–water partition coefficient (Wildman–Crippen LogP) is 4.14. The molecule has 2 aromatic carbocycles. The van der Waals surface area contributed by atoms with Crippen molar-refractivity contribution in [2.24, 2.45) is 0 Å². The fourth-order valence-corrected chi connectivity index (χ4v) is 5.41. The van der Waals surface area contributed by atoms with E-state index in [0.29, 0.717) is 5.52 Å². The number of para-hydroxylation sites is 1. The molecule has 1 fully saturated rings. The second-order valence-corrected chi connectivity index (χ2v) is 9.76. The van der Waals surface area contributed by atoms with E-state index in [1.165, 1.54) is 5.56 Å². The zero-order valence-electron chi connectivity index (χ0n) is 16.3. The molecule has 1 aromatic heterocycles. The molecule has 0 unspecified atom stereocenters. The van der Waals surface area contributed by atoms with Crippen LogP contribution in [0.4, 0.5) is 0 Å². The lowest BCUT2D eigenvalue weighted by Crippen LogP contribution is -2.44. The Morgan fingerprint density at radius 3 is 2.59 bits per heavy atom. The van der Waals surface area contributed by atoms with Crippen LogP contribution in [0.25, 0.3) is 10.9 Å². The number of benzene rings is 2. The summed E-state index contributed by atoms with van der Waals surface area (Å²) >= 11 is 5.95. The SMILES string of the molecule is Cc1cnc2c(S(=O)(=O)NC3CCN(Cc4ccc(Cl)cc4)CC3)cccc2c1. The molecule has 29 heavy (non-hydrogen) atoms. The molecule has 4 rings (SSSR count). The summed E-state index contributed by atoms with van der Waals surface area (Å²) in [6.45, 7) is 4.50. The van der Waals surface area contributed by atoms with E-state index >= 15 is 0 Å². The van der Waals surface area contributed by atoms with Crippen LogP contribution in [0.1, 0.15) is 24.0 Å². The average Bonchev–Trinajstić information content (AvgIpc) is 2.70. The highest BCUT2D eigenvalue weighted by Gasteiger charge is 2.26. The lowest BCUT2D eigenvalue weighted by atomic mass is 10.1. The molecule has 0 amide bonds. The molecule has 5 nitrogen and oxygen atoms in total. The first-order valence-corrected chi connectivity index (χ1v) is 11.6. The fourth-order valence-electron chi connectivity index (χ4n) is 3.80. The van der Waals surface area contributed by atoms with Crippen LogP contribution < -0.4 is 4.72 Å². The minimum atomic E-state index is -3.63. The monoisotopic (exact) mass is 429 g/mol. The molecule has 0 saturated carbocycles. The Hall–Kier alpha value is -1.99. The third-order valence-corrected chi connectivity index (χ3v) is 7.13. The highest BCUT2D eigenvalue weighted by atomic mass is 35.5. The van der Waals surface area contributed by atoms with Crippen LogP contribution in [-0.2, 0) is 16.6 Å². The highest BCUT2D eigenvalue weighted by Crippen LogP contribution is 2.23. The van der Waals surface area contributed by atoms with Crippen LogP contribution in [0.5, 0.6) is 0 Å². The minimum absolute atomic E-state index is 0.0674. The Morgan fingerprint density at radius 2 is 1.86 bits per heavy atom. The Morgan fingerprint density at radius 1 is 1.14 bits per heavy atom. The van der Waals surface area contributed by atoms with E-state index in [9.17, 15) is 8.42 Å². The summed E-state index contributed by atoms with van der Waals surface area (Å²) in [5.41, 5.74) is 2.74. The van der Waals surface area contributed by atoms with Gasteiger partial charge >= 0.3 is 0 Å². The number of sulfonamides is 1. The number of likely N-dealkylation sites (tertiary alicyclic amines) is 1. The number of hydrogen-bond donors (Lipinski definition) is 1. The summed E-state index contributed by atoms with van der Waals surface area (Å²) in [7, 11) is -3.63. The number of aryl methyl sites for hydroxylation is 1. The predicted molar refractivity (Wildman–Crippen MR) is 117 cm³/mol. The molecule has 0 bridgehead atoms. The van der Waals surface area contributed by atoms with Crippen LogP contribution >= 0.6 is 11.6 Å². The van der Waals surface area contributed by atoms with Crippen LogP contribution in [0.3, 0.4) is 0 Å². The topological polar surface area (TPSA) is 62.3 Å². The van der Waals surface area contributed by atoms with E-state index in [0.717, 1.165) is 48.4 Å². The molecule has 3 aromatic rings. The zero-order chi connectivity index (χ0) is 20.4. The maximum atomic E-state index is 13.0. The quantitative estimate of drug-likeness (QED) is 0.662. The summed E-state index contributed by atoms with van der Waals surface area (Å²) in [6.07, 6.45) is 3.27. The lowest BCUT2D eigenvalue weighted by Gasteiger charge is -2.32. The summed E-state index contributed by atoms with van der Waals surface area (Å²) < 4.78 is 29.0. The number of nitrogens with zero attached hydrogens (tertiary/aromatic N) is 2. The number of rotatable bonds is 5. The van der Waals surface area contributed by atoms with E-state index in [-0.39, 0.29) is 10.9 Å². The largest absolute Gasteiger partial charge is 0.299 e. The minimum Gasteiger partial charge on any atom is -0.299 e. The van der Waals surface area contributed by atoms with E-state index in [4.69, 9.17) is 11.6 Å². The molecule has 0 spiro atoms. The normalized spacial score (nSPS) is 16.3. The number of fused-ring (bicyclic) bond motifs is 1. The van der Waals surface area contributed by atoms with Crippen molar-refractivity contribution in [3.63, 3.8) is 0 Å². The Bertz CT molecular complexity index is 1110. The standard InChI is InChI=1S/C22H24ClN3O2S/c1-16-13-18-3-2-4-21(22(18)24-14-16)29(27,28)25-20-9-11-26(12-10-20)15-17-5-7-19(23)8-6-17/h2-8,13-14,20,25H,9-12,15H2,1H3. The van der Waals surface area contributed by atoms with Gasteiger partial charge in [0, 0.05) is 42.3 Å². The van der Waals surface area contributed by atoms with Crippen molar-refractivity contribution in [2.75, 3.05) is 13.1 Å². The Kier molecular flexibility index (Phi) is 5.88. The van der Waals surface area contributed by atoms with Crippen molar-refractivity contribution >= 4 is 32.5 Å². The van der Waals surface area contributed by atoms with Crippen LogP contribution in [0.2, 0.25) is 5.02 Å². The molecule has 0 radical (unpaired) electrons. The van der Waals surface area contributed by atoms with Gasteiger partial charge < -0.3 is 0 Å². The van der Waals surface area contributed by atoms with Gasteiger partial charge in [-0.1, -0.05) is 35.9 Å². The molecule has 0 atom stereocenters. The smallest absolute Gasteiger partial charge is 0.242 e. The molecular weight excluding hydrogens is 406 g/mol. The number of piperidine rings is 1. The maximum Gasteiger partial charge on any atom is 0.242 e. The van der Waals surface area contributed by atoms with Crippen molar-refractivity contribution in [3.05, 3.63) is 70.9 Å². The van der Waals surface area contributed by atoms with Crippen LogP contribution in [0, 0.1) is 6.92 Å². The van der Waals surface area contributed by atoms with Gasteiger partial charge in [-0.05, 0) is 55.2 Å². The molecule has 1 N–H and O–H groups in total. The summed E-state index contributed by atoms with van der Waals surface area (Å²) in [6, 6.07) is 15.0. The van der Waals surface area contributed by atoms with Gasteiger partial charge in [0.2, 0.25) is 10.0 Å². The molecule has 2 heterocycles. The molecule has 152 valence electrons. The number of halogens is 1. The van der Waals surface area contributed by atoms with E-state index in [2.05, 4.69) is 14.6 Å². The average molecular weight is 430 g/mol. The third kappa shape index (κ3) is 4.78. The van der Waals surface area contributed by atoms with Gasteiger partial charge in [-0.15, -0.1) is 0 Å². The van der Waals surface area contributed by atoms with E-state index in [1.54, 1.807) is 18.3 Å². The van der Waals surface area contributed by atoms with Gasteiger partial charge in [-0.3, -0.25) is 9.88 Å². The van der Waals surface area contributed by atoms with Crippen LogP contribution in [-0.4, -0.2) is 37.4 Å². The second kappa shape index (κ2) is 8.40. The number of aromatic nitrogens is 1. The van der Waals surface area contributed by atoms with Crippen molar-refractivity contribution in [2.45, 2.75) is 37.2 Å². The van der Waals surface area contributed by atoms with E-state index in [1.807, 2.05) is 43.3 Å². The number of pyridine rings is 1. The van der Waals surface area contributed by atoms with Crippen LogP contribution in [0.15, 0.2) is 59.6 Å². The van der Waals surface area contributed by atoms with Gasteiger partial charge in [-0.2, -0.15) is 0 Å². The van der Waals surface area contributed by atoms with Gasteiger partial charge in [0.1, 0.15) is 4.90 Å². The first-order chi connectivity index (χ1) is 13.9. The van der Waals surface area contributed by atoms with Gasteiger partial charge in [0.05, 0.1) is 5.52 Å². The van der Waals surface area contributed by atoms with Crippen molar-refractivity contribution in [1.82, 2.24) is 14.6 Å². The number of nitrogens with one attached hydrogen (secondary N) is 1.